The third-order valence-electron chi connectivity index (χ3n) is 3.53. The Hall–Kier alpha value is -0.670. The van der Waals surface area contributed by atoms with E-state index < -0.39 is 0 Å². The van der Waals surface area contributed by atoms with E-state index in [1.807, 2.05) is 29.2 Å². The van der Waals surface area contributed by atoms with Gasteiger partial charge in [0.1, 0.15) is 0 Å². The zero-order valence-electron chi connectivity index (χ0n) is 11.3. The first kappa shape index (κ1) is 14.7. The summed E-state index contributed by atoms with van der Waals surface area (Å²) in [6.07, 6.45) is 2.92. The Labute approximate surface area is 124 Å². The molecule has 19 heavy (non-hydrogen) atoms. The normalized spacial score (nSPS) is 16.6. The summed E-state index contributed by atoms with van der Waals surface area (Å²) in [4.78, 5) is 15.2. The number of piperidine rings is 1. The molecule has 1 aromatic carbocycles. The second kappa shape index (κ2) is 7.20. The first-order valence-corrected chi connectivity index (χ1v) is 8.17. The number of amides is 1. The van der Waals surface area contributed by atoms with Crippen LogP contribution in [0.1, 0.15) is 26.2 Å². The van der Waals surface area contributed by atoms with E-state index in [4.69, 9.17) is 11.6 Å². The number of thioether (sulfide) groups is 1. The average Bonchev–Trinajstić information content (AvgIpc) is 2.41. The lowest BCUT2D eigenvalue weighted by atomic mass is 9.99. The van der Waals surface area contributed by atoms with Crippen molar-refractivity contribution in [2.24, 2.45) is 5.92 Å². The van der Waals surface area contributed by atoms with Crippen molar-refractivity contribution in [3.8, 4) is 0 Å². The lowest BCUT2D eigenvalue weighted by molar-refractivity contribution is -0.132. The second-order valence-corrected chi connectivity index (χ2v) is 6.72. The van der Waals surface area contributed by atoms with Crippen molar-refractivity contribution in [1.82, 2.24) is 4.90 Å². The lowest BCUT2D eigenvalue weighted by Crippen LogP contribution is -2.38. The van der Waals surface area contributed by atoms with Crippen LogP contribution in [0, 0.1) is 5.92 Å². The summed E-state index contributed by atoms with van der Waals surface area (Å²) < 4.78 is 0. The molecular weight excluding hydrogens is 278 g/mol. The third kappa shape index (κ3) is 4.73. The summed E-state index contributed by atoms with van der Waals surface area (Å²) in [6.45, 7) is 4.13. The van der Waals surface area contributed by atoms with Gasteiger partial charge in [-0.2, -0.15) is 0 Å². The first-order chi connectivity index (χ1) is 9.15. The molecule has 0 bridgehead atoms. The van der Waals surface area contributed by atoms with Crippen LogP contribution in [0.3, 0.4) is 0 Å². The third-order valence-corrected chi connectivity index (χ3v) is 4.80. The van der Waals surface area contributed by atoms with Crippen molar-refractivity contribution in [3.63, 3.8) is 0 Å². The fourth-order valence-corrected chi connectivity index (χ4v) is 3.17. The maximum atomic E-state index is 12.0. The molecule has 1 amide bonds. The highest BCUT2D eigenvalue weighted by Gasteiger charge is 2.19. The number of carbonyl (C=O) groups is 1. The van der Waals surface area contributed by atoms with Crippen molar-refractivity contribution in [2.75, 3.05) is 18.8 Å². The fraction of sp³-hybridized carbons (Fsp3) is 0.533. The van der Waals surface area contributed by atoms with E-state index in [1.54, 1.807) is 11.8 Å². The zero-order valence-corrected chi connectivity index (χ0v) is 12.8. The number of likely N-dealkylation sites (tertiary alicyclic amines) is 1. The molecule has 2 nitrogen and oxygen atoms in total. The monoisotopic (exact) mass is 297 g/mol. The summed E-state index contributed by atoms with van der Waals surface area (Å²) >= 11 is 7.56. The van der Waals surface area contributed by atoms with Gasteiger partial charge >= 0.3 is 0 Å². The SMILES string of the molecule is CC1CCN(C(=O)CCSc2ccc(Cl)cc2)CC1. The Balaban J connectivity index is 1.70. The molecule has 4 heteroatoms. The van der Waals surface area contributed by atoms with Gasteiger partial charge in [-0.3, -0.25) is 4.79 Å². The number of carbonyl (C=O) groups excluding carboxylic acids is 1. The molecule has 0 aliphatic carbocycles. The largest absolute Gasteiger partial charge is 0.343 e. The fourth-order valence-electron chi connectivity index (χ4n) is 2.20. The van der Waals surface area contributed by atoms with Gasteiger partial charge in [-0.25, -0.2) is 0 Å². The standard InChI is InChI=1S/C15H20ClNOS/c1-12-6-9-17(10-7-12)15(18)8-11-19-14-4-2-13(16)3-5-14/h2-5,12H,6-11H2,1H3. The van der Waals surface area contributed by atoms with E-state index in [0.717, 1.165) is 42.6 Å². The summed E-state index contributed by atoms with van der Waals surface area (Å²) in [5, 5.41) is 0.753. The molecule has 1 aliphatic heterocycles. The number of hydrogen-bond donors (Lipinski definition) is 0. The smallest absolute Gasteiger partial charge is 0.223 e. The molecule has 1 fully saturated rings. The quantitative estimate of drug-likeness (QED) is 0.781. The minimum atomic E-state index is 0.299. The van der Waals surface area contributed by atoms with E-state index in [1.165, 1.54) is 4.90 Å². The number of hydrogen-bond acceptors (Lipinski definition) is 2. The highest BCUT2D eigenvalue weighted by atomic mass is 35.5. The van der Waals surface area contributed by atoms with Gasteiger partial charge in [-0.1, -0.05) is 18.5 Å². The number of halogens is 1. The van der Waals surface area contributed by atoms with E-state index in [-0.39, 0.29) is 0 Å². The van der Waals surface area contributed by atoms with E-state index in [0.29, 0.717) is 12.3 Å². The maximum absolute atomic E-state index is 12.0. The molecular formula is C15H20ClNOS. The predicted octanol–water partition coefficient (Wildman–Crippen LogP) is 4.08. The summed E-state index contributed by atoms with van der Waals surface area (Å²) in [5.74, 6) is 1.91. The molecule has 104 valence electrons. The highest BCUT2D eigenvalue weighted by molar-refractivity contribution is 7.99. The average molecular weight is 298 g/mol. The van der Waals surface area contributed by atoms with Gasteiger partial charge in [0.15, 0.2) is 0 Å². The van der Waals surface area contributed by atoms with Gasteiger partial charge in [0.25, 0.3) is 0 Å². The first-order valence-electron chi connectivity index (χ1n) is 6.81. The molecule has 0 N–H and O–H groups in total. The molecule has 1 saturated heterocycles. The minimum Gasteiger partial charge on any atom is -0.343 e. The zero-order chi connectivity index (χ0) is 13.7. The van der Waals surface area contributed by atoms with Crippen LogP contribution in [0.4, 0.5) is 0 Å². The minimum absolute atomic E-state index is 0.299. The Morgan fingerprint density at radius 2 is 1.95 bits per heavy atom. The molecule has 0 radical (unpaired) electrons. The van der Waals surface area contributed by atoms with Gasteiger partial charge in [-0.15, -0.1) is 11.8 Å². The van der Waals surface area contributed by atoms with Crippen LogP contribution in [0.5, 0.6) is 0 Å². The molecule has 0 atom stereocenters. The Morgan fingerprint density at radius 1 is 1.32 bits per heavy atom. The summed E-state index contributed by atoms with van der Waals surface area (Å²) in [6, 6.07) is 7.77. The van der Waals surface area contributed by atoms with Gasteiger partial charge in [0.2, 0.25) is 5.91 Å². The molecule has 0 spiro atoms. The van der Waals surface area contributed by atoms with E-state index in [9.17, 15) is 4.79 Å². The molecule has 0 unspecified atom stereocenters. The van der Waals surface area contributed by atoms with Gasteiger partial charge < -0.3 is 4.90 Å². The van der Waals surface area contributed by atoms with Crippen LogP contribution < -0.4 is 0 Å². The van der Waals surface area contributed by atoms with Crippen LogP contribution in [-0.4, -0.2) is 29.6 Å². The van der Waals surface area contributed by atoms with Crippen molar-refractivity contribution in [2.45, 2.75) is 31.1 Å². The van der Waals surface area contributed by atoms with Crippen molar-refractivity contribution < 1.29 is 4.79 Å². The highest BCUT2D eigenvalue weighted by Crippen LogP contribution is 2.22. The molecule has 0 aromatic heterocycles. The summed E-state index contributed by atoms with van der Waals surface area (Å²) in [7, 11) is 0. The van der Waals surface area contributed by atoms with Crippen LogP contribution in [-0.2, 0) is 4.79 Å². The predicted molar refractivity (Wildman–Crippen MR) is 81.8 cm³/mol. The van der Waals surface area contributed by atoms with Crippen LogP contribution in [0.2, 0.25) is 5.02 Å². The molecule has 2 rings (SSSR count). The molecule has 1 aliphatic rings. The number of rotatable bonds is 4. The van der Waals surface area contributed by atoms with Crippen molar-refractivity contribution in [1.29, 1.82) is 0 Å². The van der Waals surface area contributed by atoms with Gasteiger partial charge in [-0.05, 0) is 43.0 Å². The Bertz CT molecular complexity index is 413. The Morgan fingerprint density at radius 3 is 2.58 bits per heavy atom. The van der Waals surface area contributed by atoms with Crippen molar-refractivity contribution >= 4 is 29.3 Å². The van der Waals surface area contributed by atoms with Gasteiger partial charge in [0.05, 0.1) is 0 Å². The van der Waals surface area contributed by atoms with Gasteiger partial charge in [0, 0.05) is 35.2 Å². The summed E-state index contributed by atoms with van der Waals surface area (Å²) in [5.41, 5.74) is 0. The van der Waals surface area contributed by atoms with Crippen LogP contribution >= 0.6 is 23.4 Å². The molecule has 1 aromatic rings. The van der Waals surface area contributed by atoms with E-state index in [2.05, 4.69) is 6.92 Å². The second-order valence-electron chi connectivity index (χ2n) is 5.12. The number of nitrogens with zero attached hydrogens (tertiary/aromatic N) is 1. The topological polar surface area (TPSA) is 20.3 Å². The van der Waals surface area contributed by atoms with Crippen molar-refractivity contribution in [3.05, 3.63) is 29.3 Å². The van der Waals surface area contributed by atoms with Crippen LogP contribution in [0.15, 0.2) is 29.2 Å². The molecule has 1 heterocycles. The molecule has 0 saturated carbocycles. The Kier molecular flexibility index (Phi) is 5.59. The lowest BCUT2D eigenvalue weighted by Gasteiger charge is -2.30. The number of benzene rings is 1. The van der Waals surface area contributed by atoms with Crippen LogP contribution in [0.25, 0.3) is 0 Å². The van der Waals surface area contributed by atoms with E-state index >= 15 is 0 Å². The maximum Gasteiger partial charge on any atom is 0.223 e.